The Morgan fingerprint density at radius 2 is 2.05 bits per heavy atom. The lowest BCUT2D eigenvalue weighted by molar-refractivity contribution is 0.0526. The van der Waals surface area contributed by atoms with E-state index in [0.29, 0.717) is 22.6 Å². The maximum atomic E-state index is 12.1. The molecule has 0 saturated carbocycles. The second-order valence-corrected chi connectivity index (χ2v) is 4.69. The molecule has 0 saturated heterocycles. The van der Waals surface area contributed by atoms with E-state index in [0.717, 1.165) is 0 Å². The molecule has 0 aromatic carbocycles. The summed E-state index contributed by atoms with van der Waals surface area (Å²) in [6.07, 6.45) is 2.83. The Bertz CT molecular complexity index is 691. The number of aromatic nitrogens is 2. The van der Waals surface area contributed by atoms with Gasteiger partial charge in [0.1, 0.15) is 10.9 Å². The zero-order chi connectivity index (χ0) is 16.1. The molecule has 6 nitrogen and oxygen atoms in total. The molecule has 1 N–H and O–H groups in total. The highest BCUT2D eigenvalue weighted by atomic mass is 35.5. The molecule has 0 fully saturated rings. The van der Waals surface area contributed by atoms with Gasteiger partial charge in [-0.1, -0.05) is 11.6 Å². The van der Waals surface area contributed by atoms with Crippen molar-refractivity contribution < 1.29 is 19.4 Å². The largest absolute Gasteiger partial charge is 0.494 e. The summed E-state index contributed by atoms with van der Waals surface area (Å²) in [5.74, 6) is -0.0606. The van der Waals surface area contributed by atoms with Gasteiger partial charge in [-0.15, -0.1) is 0 Å². The third-order valence-electron chi connectivity index (χ3n) is 2.96. The van der Waals surface area contributed by atoms with E-state index < -0.39 is 5.97 Å². The molecule has 0 amide bonds. The number of rotatable bonds is 5. The lowest BCUT2D eigenvalue weighted by atomic mass is 10.0. The molecule has 0 radical (unpaired) electrons. The van der Waals surface area contributed by atoms with Crippen molar-refractivity contribution in [2.45, 2.75) is 13.5 Å². The summed E-state index contributed by atoms with van der Waals surface area (Å²) in [4.78, 5) is 20.1. The molecule has 0 aliphatic rings. The molecule has 0 aliphatic carbocycles. The van der Waals surface area contributed by atoms with E-state index in [1.165, 1.54) is 19.5 Å². The van der Waals surface area contributed by atoms with Gasteiger partial charge in [-0.25, -0.2) is 9.78 Å². The number of ether oxygens (including phenoxy) is 2. The zero-order valence-electron chi connectivity index (χ0n) is 12.2. The standard InChI is InChI=1S/C15H15ClN2O4/c1-3-22-15(20)12-6-17-9(8-19)4-10(12)11-5-14(16)18-7-13(11)21-2/h4-7,19H,3,8H2,1-2H3. The Hall–Kier alpha value is -2.18. The van der Waals surface area contributed by atoms with Gasteiger partial charge < -0.3 is 14.6 Å². The van der Waals surface area contributed by atoms with Gasteiger partial charge in [-0.3, -0.25) is 4.98 Å². The van der Waals surface area contributed by atoms with Crippen molar-refractivity contribution in [1.82, 2.24) is 9.97 Å². The van der Waals surface area contributed by atoms with E-state index in [2.05, 4.69) is 9.97 Å². The average molecular weight is 323 g/mol. The summed E-state index contributed by atoms with van der Waals surface area (Å²) in [6.45, 7) is 1.71. The van der Waals surface area contributed by atoms with Gasteiger partial charge in [-0.05, 0) is 19.1 Å². The van der Waals surface area contributed by atoms with Crippen LogP contribution in [0.15, 0.2) is 24.5 Å². The lowest BCUT2D eigenvalue weighted by Crippen LogP contribution is -2.08. The molecule has 22 heavy (non-hydrogen) atoms. The molecule has 0 aliphatic heterocycles. The summed E-state index contributed by atoms with van der Waals surface area (Å²) < 4.78 is 10.3. The molecule has 0 atom stereocenters. The van der Waals surface area contributed by atoms with E-state index in [-0.39, 0.29) is 23.9 Å². The van der Waals surface area contributed by atoms with Gasteiger partial charge >= 0.3 is 5.97 Å². The van der Waals surface area contributed by atoms with Gasteiger partial charge in [0.25, 0.3) is 0 Å². The van der Waals surface area contributed by atoms with Crippen molar-refractivity contribution >= 4 is 17.6 Å². The fourth-order valence-corrected chi connectivity index (χ4v) is 2.13. The molecule has 2 aromatic heterocycles. The van der Waals surface area contributed by atoms with Gasteiger partial charge in [0.2, 0.25) is 0 Å². The molecule has 2 rings (SSSR count). The van der Waals surface area contributed by atoms with Crippen molar-refractivity contribution in [3.63, 3.8) is 0 Å². The smallest absolute Gasteiger partial charge is 0.340 e. The first-order valence-electron chi connectivity index (χ1n) is 6.57. The molecule has 2 heterocycles. The Morgan fingerprint density at radius 1 is 1.27 bits per heavy atom. The Balaban J connectivity index is 2.66. The molecule has 2 aromatic rings. The number of aliphatic hydroxyl groups is 1. The van der Waals surface area contributed by atoms with Crippen LogP contribution >= 0.6 is 11.6 Å². The summed E-state index contributed by atoms with van der Waals surface area (Å²) in [5.41, 5.74) is 1.76. The molecular weight excluding hydrogens is 308 g/mol. The highest BCUT2D eigenvalue weighted by molar-refractivity contribution is 6.29. The van der Waals surface area contributed by atoms with Crippen LogP contribution in [0, 0.1) is 0 Å². The predicted octanol–water partition coefficient (Wildman–Crippen LogP) is 2.47. The second kappa shape index (κ2) is 7.20. The maximum Gasteiger partial charge on any atom is 0.340 e. The minimum absolute atomic E-state index is 0.244. The van der Waals surface area contributed by atoms with Crippen LogP contribution in [-0.2, 0) is 11.3 Å². The number of methoxy groups -OCH3 is 1. The molecular formula is C15H15ClN2O4. The summed E-state index contributed by atoms with van der Waals surface area (Å²) in [6, 6.07) is 3.18. The van der Waals surface area contributed by atoms with Crippen LogP contribution in [0.4, 0.5) is 0 Å². The van der Waals surface area contributed by atoms with Crippen molar-refractivity contribution in [3.05, 3.63) is 40.9 Å². The van der Waals surface area contributed by atoms with Crippen LogP contribution in [0.1, 0.15) is 23.0 Å². The molecule has 7 heteroatoms. The quantitative estimate of drug-likeness (QED) is 0.672. The average Bonchev–Trinajstić information content (AvgIpc) is 2.54. The predicted molar refractivity (Wildman–Crippen MR) is 80.9 cm³/mol. The fraction of sp³-hybridized carbons (Fsp3) is 0.267. The minimum atomic E-state index is -0.510. The number of pyridine rings is 2. The molecule has 0 bridgehead atoms. The van der Waals surface area contributed by atoms with Crippen molar-refractivity contribution in [3.8, 4) is 16.9 Å². The van der Waals surface area contributed by atoms with E-state index in [9.17, 15) is 9.90 Å². The third-order valence-corrected chi connectivity index (χ3v) is 3.17. The summed E-state index contributed by atoms with van der Waals surface area (Å²) in [5, 5.41) is 9.53. The first kappa shape index (κ1) is 16.2. The second-order valence-electron chi connectivity index (χ2n) is 4.31. The number of hydrogen-bond acceptors (Lipinski definition) is 6. The topological polar surface area (TPSA) is 81.5 Å². The number of hydrogen-bond donors (Lipinski definition) is 1. The van der Waals surface area contributed by atoms with Crippen LogP contribution in [0.25, 0.3) is 11.1 Å². The Morgan fingerprint density at radius 3 is 2.68 bits per heavy atom. The van der Waals surface area contributed by atoms with Crippen molar-refractivity contribution in [2.24, 2.45) is 0 Å². The van der Waals surface area contributed by atoms with Crippen LogP contribution in [0.5, 0.6) is 5.75 Å². The first-order valence-corrected chi connectivity index (χ1v) is 6.95. The van der Waals surface area contributed by atoms with E-state index in [1.54, 1.807) is 19.1 Å². The minimum Gasteiger partial charge on any atom is -0.494 e. The van der Waals surface area contributed by atoms with Gasteiger partial charge in [0, 0.05) is 17.3 Å². The van der Waals surface area contributed by atoms with Crippen LogP contribution in [-0.4, -0.2) is 34.8 Å². The summed E-state index contributed by atoms with van der Waals surface area (Å²) in [7, 11) is 1.49. The number of esters is 1. The first-order chi connectivity index (χ1) is 10.6. The van der Waals surface area contributed by atoms with E-state index >= 15 is 0 Å². The maximum absolute atomic E-state index is 12.1. The summed E-state index contributed by atoms with van der Waals surface area (Å²) >= 11 is 5.94. The Labute approximate surface area is 132 Å². The fourth-order valence-electron chi connectivity index (χ4n) is 1.97. The number of carbonyl (C=O) groups excluding carboxylic acids is 1. The van der Waals surface area contributed by atoms with Crippen molar-refractivity contribution in [1.29, 1.82) is 0 Å². The van der Waals surface area contributed by atoms with Crippen molar-refractivity contribution in [2.75, 3.05) is 13.7 Å². The number of aliphatic hydroxyl groups excluding tert-OH is 1. The van der Waals surface area contributed by atoms with Crippen LogP contribution < -0.4 is 4.74 Å². The molecule has 116 valence electrons. The third kappa shape index (κ3) is 3.35. The number of nitrogens with zero attached hydrogens (tertiary/aromatic N) is 2. The number of carbonyl (C=O) groups is 1. The molecule has 0 spiro atoms. The highest BCUT2D eigenvalue weighted by Crippen LogP contribution is 2.34. The highest BCUT2D eigenvalue weighted by Gasteiger charge is 2.19. The van der Waals surface area contributed by atoms with Gasteiger partial charge in [0.05, 0.1) is 37.8 Å². The number of halogens is 1. The molecule has 0 unspecified atom stereocenters. The van der Waals surface area contributed by atoms with Crippen LogP contribution in [0.2, 0.25) is 5.15 Å². The SMILES string of the molecule is CCOC(=O)c1cnc(CO)cc1-c1cc(Cl)ncc1OC. The monoisotopic (exact) mass is 322 g/mol. The lowest BCUT2D eigenvalue weighted by Gasteiger charge is -2.13. The van der Waals surface area contributed by atoms with Crippen LogP contribution in [0.3, 0.4) is 0 Å². The normalized spacial score (nSPS) is 10.4. The van der Waals surface area contributed by atoms with Gasteiger partial charge in [-0.2, -0.15) is 0 Å². The zero-order valence-corrected chi connectivity index (χ0v) is 12.9. The van der Waals surface area contributed by atoms with Gasteiger partial charge in [0.15, 0.2) is 0 Å². The van der Waals surface area contributed by atoms with E-state index in [1.807, 2.05) is 0 Å². The van der Waals surface area contributed by atoms with E-state index in [4.69, 9.17) is 21.1 Å². The Kier molecular flexibility index (Phi) is 5.30.